The Hall–Kier alpha value is -2.44. The van der Waals surface area contributed by atoms with Crippen molar-refractivity contribution in [2.75, 3.05) is 5.32 Å². The van der Waals surface area contributed by atoms with Crippen molar-refractivity contribution < 1.29 is 9.53 Å². The summed E-state index contributed by atoms with van der Waals surface area (Å²) in [5.74, 6) is 0.302. The molecule has 1 aromatic heterocycles. The number of hydrogen-bond acceptors (Lipinski definition) is 5. The van der Waals surface area contributed by atoms with E-state index in [1.54, 1.807) is 25.1 Å². The van der Waals surface area contributed by atoms with E-state index in [1.807, 2.05) is 38.1 Å². The fraction of sp³-hybridized carbons (Fsp3) is 0.211. The SMILES string of the molecule is Cc1ccc(-c2nnc(NC(=O)[C@H](C)Oc3ccc(Cl)c(C)c3)s2)cc1. The fourth-order valence-electron chi connectivity index (χ4n) is 2.24. The van der Waals surface area contributed by atoms with Gasteiger partial charge in [0.05, 0.1) is 0 Å². The van der Waals surface area contributed by atoms with Gasteiger partial charge in [0, 0.05) is 10.6 Å². The van der Waals surface area contributed by atoms with Crippen LogP contribution < -0.4 is 10.1 Å². The van der Waals surface area contributed by atoms with Crippen LogP contribution in [0.4, 0.5) is 5.13 Å². The van der Waals surface area contributed by atoms with E-state index in [1.165, 1.54) is 16.9 Å². The first-order valence-corrected chi connectivity index (χ1v) is 9.26. The van der Waals surface area contributed by atoms with E-state index in [0.717, 1.165) is 16.1 Å². The zero-order valence-corrected chi connectivity index (χ0v) is 16.2. The van der Waals surface area contributed by atoms with Gasteiger partial charge in [0.1, 0.15) is 10.8 Å². The number of aryl methyl sites for hydroxylation is 2. The summed E-state index contributed by atoms with van der Waals surface area (Å²) in [5, 5.41) is 12.8. The van der Waals surface area contributed by atoms with Crippen LogP contribution in [0, 0.1) is 13.8 Å². The lowest BCUT2D eigenvalue weighted by Crippen LogP contribution is -2.30. The van der Waals surface area contributed by atoms with E-state index in [2.05, 4.69) is 15.5 Å². The van der Waals surface area contributed by atoms with Crippen molar-refractivity contribution in [2.45, 2.75) is 26.9 Å². The van der Waals surface area contributed by atoms with Crippen LogP contribution in [0.15, 0.2) is 42.5 Å². The van der Waals surface area contributed by atoms with Gasteiger partial charge in [0.15, 0.2) is 6.10 Å². The number of ether oxygens (including phenoxy) is 1. The second-order valence-corrected chi connectivity index (χ2v) is 7.32. The molecule has 0 radical (unpaired) electrons. The summed E-state index contributed by atoms with van der Waals surface area (Å²) in [7, 11) is 0. The first kappa shape index (κ1) is 18.4. The van der Waals surface area contributed by atoms with E-state index in [0.29, 0.717) is 15.9 Å². The smallest absolute Gasteiger partial charge is 0.266 e. The molecule has 1 heterocycles. The highest BCUT2D eigenvalue weighted by Crippen LogP contribution is 2.27. The van der Waals surface area contributed by atoms with E-state index >= 15 is 0 Å². The van der Waals surface area contributed by atoms with Crippen LogP contribution in [-0.2, 0) is 4.79 Å². The molecule has 134 valence electrons. The standard InChI is InChI=1S/C19H18ClN3O2S/c1-11-4-6-14(7-5-11)18-22-23-19(26-18)21-17(24)13(3)25-15-8-9-16(20)12(2)10-15/h4-10,13H,1-3H3,(H,21,23,24)/t13-/m0/s1. The second-order valence-electron chi connectivity index (χ2n) is 5.94. The number of nitrogens with one attached hydrogen (secondary N) is 1. The number of hydrogen-bond donors (Lipinski definition) is 1. The first-order valence-electron chi connectivity index (χ1n) is 8.06. The Morgan fingerprint density at radius 2 is 1.88 bits per heavy atom. The molecule has 0 bridgehead atoms. The molecule has 26 heavy (non-hydrogen) atoms. The largest absolute Gasteiger partial charge is 0.481 e. The molecule has 3 aromatic rings. The normalized spacial score (nSPS) is 11.8. The molecule has 1 amide bonds. The van der Waals surface area contributed by atoms with Crippen LogP contribution in [0.2, 0.25) is 5.02 Å². The molecule has 0 unspecified atom stereocenters. The van der Waals surface area contributed by atoms with Gasteiger partial charge in [-0.1, -0.05) is 52.8 Å². The summed E-state index contributed by atoms with van der Waals surface area (Å²) in [5.41, 5.74) is 3.04. The average molecular weight is 388 g/mol. The topological polar surface area (TPSA) is 64.1 Å². The average Bonchev–Trinajstić information content (AvgIpc) is 3.07. The minimum Gasteiger partial charge on any atom is -0.481 e. The maximum atomic E-state index is 12.3. The lowest BCUT2D eigenvalue weighted by Gasteiger charge is -2.14. The van der Waals surface area contributed by atoms with Gasteiger partial charge in [-0.2, -0.15) is 0 Å². The predicted octanol–water partition coefficient (Wildman–Crippen LogP) is 4.88. The summed E-state index contributed by atoms with van der Waals surface area (Å²) >= 11 is 7.32. The summed E-state index contributed by atoms with van der Waals surface area (Å²) in [4.78, 5) is 12.3. The van der Waals surface area contributed by atoms with Crippen molar-refractivity contribution in [2.24, 2.45) is 0 Å². The Morgan fingerprint density at radius 1 is 1.15 bits per heavy atom. The van der Waals surface area contributed by atoms with Crippen LogP contribution in [-0.4, -0.2) is 22.2 Å². The van der Waals surface area contributed by atoms with Crippen LogP contribution in [0.5, 0.6) is 5.75 Å². The van der Waals surface area contributed by atoms with Crippen molar-refractivity contribution in [3.8, 4) is 16.3 Å². The van der Waals surface area contributed by atoms with Crippen molar-refractivity contribution >= 4 is 34.0 Å². The fourth-order valence-corrected chi connectivity index (χ4v) is 3.11. The molecule has 0 aliphatic heterocycles. The first-order chi connectivity index (χ1) is 12.4. The third kappa shape index (κ3) is 4.39. The highest BCUT2D eigenvalue weighted by molar-refractivity contribution is 7.18. The highest BCUT2D eigenvalue weighted by atomic mass is 35.5. The molecule has 0 fully saturated rings. The van der Waals surface area contributed by atoms with Gasteiger partial charge < -0.3 is 4.74 Å². The minimum absolute atomic E-state index is 0.288. The number of halogens is 1. The molecular formula is C19H18ClN3O2S. The third-order valence-corrected chi connectivity index (χ3v) is 5.08. The molecule has 2 aromatic carbocycles. The van der Waals surface area contributed by atoms with Crippen LogP contribution in [0.3, 0.4) is 0 Å². The Balaban J connectivity index is 1.64. The molecular weight excluding hydrogens is 370 g/mol. The molecule has 0 saturated carbocycles. The maximum Gasteiger partial charge on any atom is 0.266 e. The van der Waals surface area contributed by atoms with Crippen LogP contribution in [0.25, 0.3) is 10.6 Å². The molecule has 1 atom stereocenters. The van der Waals surface area contributed by atoms with E-state index < -0.39 is 6.10 Å². The van der Waals surface area contributed by atoms with Gasteiger partial charge in [-0.05, 0) is 44.5 Å². The van der Waals surface area contributed by atoms with Gasteiger partial charge in [0.25, 0.3) is 5.91 Å². The maximum absolute atomic E-state index is 12.3. The number of nitrogens with zero attached hydrogens (tertiary/aromatic N) is 2. The highest BCUT2D eigenvalue weighted by Gasteiger charge is 2.17. The van der Waals surface area contributed by atoms with Crippen molar-refractivity contribution in [3.63, 3.8) is 0 Å². The molecule has 1 N–H and O–H groups in total. The quantitative estimate of drug-likeness (QED) is 0.677. The molecule has 0 aliphatic rings. The molecule has 0 aliphatic carbocycles. The number of aromatic nitrogens is 2. The zero-order valence-electron chi connectivity index (χ0n) is 14.6. The number of rotatable bonds is 5. The lowest BCUT2D eigenvalue weighted by atomic mass is 10.2. The molecule has 0 saturated heterocycles. The monoisotopic (exact) mass is 387 g/mol. The van der Waals surface area contributed by atoms with Crippen molar-refractivity contribution in [1.29, 1.82) is 0 Å². The van der Waals surface area contributed by atoms with E-state index in [-0.39, 0.29) is 5.91 Å². The minimum atomic E-state index is -0.678. The molecule has 5 nitrogen and oxygen atoms in total. The summed E-state index contributed by atoms with van der Waals surface area (Å²) in [6.45, 7) is 5.59. The summed E-state index contributed by atoms with van der Waals surface area (Å²) in [6.07, 6.45) is -0.678. The molecule has 7 heteroatoms. The van der Waals surface area contributed by atoms with E-state index in [9.17, 15) is 4.79 Å². The number of anilines is 1. The van der Waals surface area contributed by atoms with Crippen molar-refractivity contribution in [3.05, 3.63) is 58.6 Å². The summed E-state index contributed by atoms with van der Waals surface area (Å²) in [6, 6.07) is 13.3. The Kier molecular flexibility index (Phi) is 5.54. The van der Waals surface area contributed by atoms with E-state index in [4.69, 9.17) is 16.3 Å². The van der Waals surface area contributed by atoms with Gasteiger partial charge in [-0.25, -0.2) is 0 Å². The Labute approximate surface area is 161 Å². The zero-order chi connectivity index (χ0) is 18.7. The van der Waals surface area contributed by atoms with Crippen molar-refractivity contribution in [1.82, 2.24) is 10.2 Å². The van der Waals surface area contributed by atoms with Crippen LogP contribution in [0.1, 0.15) is 18.1 Å². The van der Waals surface area contributed by atoms with Crippen LogP contribution >= 0.6 is 22.9 Å². The predicted molar refractivity (Wildman–Crippen MR) is 105 cm³/mol. The lowest BCUT2D eigenvalue weighted by molar-refractivity contribution is -0.122. The molecule has 3 rings (SSSR count). The Morgan fingerprint density at radius 3 is 2.58 bits per heavy atom. The van der Waals surface area contributed by atoms with Gasteiger partial charge in [-0.3, -0.25) is 10.1 Å². The third-order valence-electron chi connectivity index (χ3n) is 3.77. The number of carbonyl (C=O) groups excluding carboxylic acids is 1. The molecule has 0 spiro atoms. The Bertz CT molecular complexity index is 925. The van der Waals surface area contributed by atoms with Gasteiger partial charge >= 0.3 is 0 Å². The number of carbonyl (C=O) groups is 1. The number of amides is 1. The number of benzene rings is 2. The second kappa shape index (κ2) is 7.85. The van der Waals surface area contributed by atoms with Gasteiger partial charge in [0.2, 0.25) is 5.13 Å². The van der Waals surface area contributed by atoms with Gasteiger partial charge in [-0.15, -0.1) is 10.2 Å². The summed E-state index contributed by atoms with van der Waals surface area (Å²) < 4.78 is 5.67.